The van der Waals surface area contributed by atoms with E-state index in [2.05, 4.69) is 4.90 Å². The molecule has 0 aliphatic carbocycles. The molecule has 2 aromatic carbocycles. The summed E-state index contributed by atoms with van der Waals surface area (Å²) < 4.78 is 27.7. The van der Waals surface area contributed by atoms with Crippen LogP contribution in [0.1, 0.15) is 19.3 Å². The molecule has 2 aliphatic rings. The number of nitrogens with zero attached hydrogens (tertiary/aromatic N) is 2. The molecule has 1 atom stereocenters. The average molecular weight is 395 g/mol. The van der Waals surface area contributed by atoms with Crippen molar-refractivity contribution in [1.82, 2.24) is 9.21 Å². The molecule has 26 heavy (non-hydrogen) atoms. The van der Waals surface area contributed by atoms with Gasteiger partial charge in [0.15, 0.2) is 0 Å². The zero-order chi connectivity index (χ0) is 18.3. The van der Waals surface area contributed by atoms with Crippen LogP contribution in [0.25, 0.3) is 10.8 Å². The highest BCUT2D eigenvalue weighted by Gasteiger charge is 2.36. The molecule has 5 nitrogen and oxygen atoms in total. The summed E-state index contributed by atoms with van der Waals surface area (Å²) in [5.74, 6) is 0. The van der Waals surface area contributed by atoms with Crippen molar-refractivity contribution in [2.45, 2.75) is 36.3 Å². The minimum absolute atomic E-state index is 0.211. The summed E-state index contributed by atoms with van der Waals surface area (Å²) in [6.45, 7) is 2.74. The number of fused-ring (bicyclic) bond motifs is 1. The number of hydrogen-bond donors (Lipinski definition) is 1. The lowest BCUT2D eigenvalue weighted by Gasteiger charge is -2.34. The highest BCUT2D eigenvalue weighted by molar-refractivity contribution is 7.89. The van der Waals surface area contributed by atoms with Crippen LogP contribution in [-0.2, 0) is 10.0 Å². The number of aliphatic hydroxyl groups is 1. The highest BCUT2D eigenvalue weighted by atomic mass is 35.5. The number of sulfonamides is 1. The van der Waals surface area contributed by atoms with Gasteiger partial charge in [-0.25, -0.2) is 8.42 Å². The second-order valence-electron chi connectivity index (χ2n) is 7.20. The van der Waals surface area contributed by atoms with E-state index >= 15 is 0 Å². The molecule has 0 unspecified atom stereocenters. The Balaban J connectivity index is 1.54. The maximum absolute atomic E-state index is 13.1. The Morgan fingerprint density at radius 1 is 1.04 bits per heavy atom. The second-order valence-corrected chi connectivity index (χ2v) is 9.54. The first kappa shape index (κ1) is 18.2. The predicted molar refractivity (Wildman–Crippen MR) is 103 cm³/mol. The molecule has 2 heterocycles. The molecular formula is C19H23ClN2O3S. The van der Waals surface area contributed by atoms with Crippen molar-refractivity contribution in [1.29, 1.82) is 0 Å². The summed E-state index contributed by atoms with van der Waals surface area (Å²) in [7, 11) is -3.51. The molecule has 7 heteroatoms. The Labute approximate surface area is 159 Å². The summed E-state index contributed by atoms with van der Waals surface area (Å²) in [5.41, 5.74) is 0. The first-order valence-electron chi connectivity index (χ1n) is 9.06. The number of likely N-dealkylation sites (tertiary alicyclic amines) is 1. The van der Waals surface area contributed by atoms with Gasteiger partial charge in [0.2, 0.25) is 10.0 Å². The van der Waals surface area contributed by atoms with E-state index in [9.17, 15) is 13.5 Å². The van der Waals surface area contributed by atoms with Crippen molar-refractivity contribution in [2.75, 3.05) is 26.2 Å². The predicted octanol–water partition coefficient (Wildman–Crippen LogP) is 2.71. The Hall–Kier alpha value is -1.18. The smallest absolute Gasteiger partial charge is 0.243 e. The summed E-state index contributed by atoms with van der Waals surface area (Å²) in [6, 6.07) is 10.9. The lowest BCUT2D eigenvalue weighted by Crippen LogP contribution is -2.44. The number of halogens is 1. The van der Waals surface area contributed by atoms with Crippen molar-refractivity contribution in [2.24, 2.45) is 0 Å². The molecule has 0 bridgehead atoms. The van der Waals surface area contributed by atoms with Crippen LogP contribution in [0.3, 0.4) is 0 Å². The van der Waals surface area contributed by atoms with Crippen LogP contribution in [-0.4, -0.2) is 61.1 Å². The van der Waals surface area contributed by atoms with Crippen LogP contribution in [0.15, 0.2) is 41.3 Å². The van der Waals surface area contributed by atoms with Crippen LogP contribution >= 0.6 is 11.6 Å². The van der Waals surface area contributed by atoms with Gasteiger partial charge in [-0.15, -0.1) is 0 Å². The van der Waals surface area contributed by atoms with Crippen LogP contribution in [0.5, 0.6) is 0 Å². The number of benzene rings is 2. The standard InChI is InChI=1S/C19H23ClN2O3S/c20-19-3-1-2-14-12-17(4-5-18(14)19)26(24,25)22-11-6-15(13-22)21-9-7-16(23)8-10-21/h1-5,12,15-16,23H,6-11,13H2/t15-/m1/s1. The summed E-state index contributed by atoms with van der Waals surface area (Å²) in [6.07, 6.45) is 2.18. The normalized spacial score (nSPS) is 23.7. The van der Waals surface area contributed by atoms with Crippen LogP contribution < -0.4 is 0 Å². The summed E-state index contributed by atoms with van der Waals surface area (Å²) in [4.78, 5) is 2.64. The molecule has 2 aliphatic heterocycles. The van der Waals surface area contributed by atoms with Gasteiger partial charge in [0.05, 0.1) is 11.0 Å². The third-order valence-corrected chi connectivity index (χ3v) is 7.77. The molecule has 2 saturated heterocycles. The Morgan fingerprint density at radius 2 is 1.81 bits per heavy atom. The zero-order valence-corrected chi connectivity index (χ0v) is 16.1. The monoisotopic (exact) mass is 394 g/mol. The first-order valence-corrected chi connectivity index (χ1v) is 10.9. The molecule has 0 aromatic heterocycles. The molecule has 0 saturated carbocycles. The summed E-state index contributed by atoms with van der Waals surface area (Å²) >= 11 is 6.18. The molecular weight excluding hydrogens is 372 g/mol. The third-order valence-electron chi connectivity index (χ3n) is 5.58. The fraction of sp³-hybridized carbons (Fsp3) is 0.474. The topological polar surface area (TPSA) is 60.9 Å². The maximum atomic E-state index is 13.1. The zero-order valence-electron chi connectivity index (χ0n) is 14.5. The molecule has 1 N–H and O–H groups in total. The quantitative estimate of drug-likeness (QED) is 0.869. The number of piperidine rings is 1. The first-order chi connectivity index (χ1) is 12.4. The van der Waals surface area contributed by atoms with E-state index in [1.54, 1.807) is 28.6 Å². The van der Waals surface area contributed by atoms with E-state index in [1.807, 2.05) is 12.1 Å². The third kappa shape index (κ3) is 3.37. The van der Waals surface area contributed by atoms with Gasteiger partial charge in [0, 0.05) is 42.6 Å². The van der Waals surface area contributed by atoms with Crippen LogP contribution in [0, 0.1) is 0 Å². The molecule has 2 fully saturated rings. The number of hydrogen-bond acceptors (Lipinski definition) is 4. The number of rotatable bonds is 3. The van der Waals surface area contributed by atoms with Crippen LogP contribution in [0.2, 0.25) is 5.02 Å². The van der Waals surface area contributed by atoms with E-state index in [0.717, 1.165) is 43.1 Å². The lowest BCUT2D eigenvalue weighted by molar-refractivity contribution is 0.0638. The van der Waals surface area contributed by atoms with E-state index in [-0.39, 0.29) is 12.1 Å². The van der Waals surface area contributed by atoms with Crippen LogP contribution in [0.4, 0.5) is 0 Å². The van der Waals surface area contributed by atoms with Crippen molar-refractivity contribution >= 4 is 32.4 Å². The molecule has 4 rings (SSSR count). The van der Waals surface area contributed by atoms with Gasteiger partial charge in [-0.3, -0.25) is 4.90 Å². The Bertz CT molecular complexity index is 910. The molecule has 140 valence electrons. The van der Waals surface area contributed by atoms with Gasteiger partial charge >= 0.3 is 0 Å². The van der Waals surface area contributed by atoms with Crippen molar-refractivity contribution in [3.05, 3.63) is 41.4 Å². The minimum atomic E-state index is -3.51. The van der Waals surface area contributed by atoms with E-state index in [1.165, 1.54) is 0 Å². The molecule has 2 aromatic rings. The van der Waals surface area contributed by atoms with Gasteiger partial charge in [-0.05, 0) is 42.8 Å². The number of aliphatic hydroxyl groups excluding tert-OH is 1. The Morgan fingerprint density at radius 3 is 2.58 bits per heavy atom. The second kappa shape index (κ2) is 7.09. The van der Waals surface area contributed by atoms with Crippen molar-refractivity contribution < 1.29 is 13.5 Å². The maximum Gasteiger partial charge on any atom is 0.243 e. The van der Waals surface area contributed by atoms with Gasteiger partial charge in [-0.2, -0.15) is 4.31 Å². The fourth-order valence-corrected chi connectivity index (χ4v) is 5.78. The van der Waals surface area contributed by atoms with E-state index in [4.69, 9.17) is 11.6 Å². The fourth-order valence-electron chi connectivity index (χ4n) is 4.01. The highest BCUT2D eigenvalue weighted by Crippen LogP contribution is 2.29. The minimum Gasteiger partial charge on any atom is -0.393 e. The van der Waals surface area contributed by atoms with Crippen molar-refractivity contribution in [3.63, 3.8) is 0 Å². The summed E-state index contributed by atoms with van der Waals surface area (Å²) in [5, 5.41) is 12.0. The lowest BCUT2D eigenvalue weighted by atomic mass is 10.1. The van der Waals surface area contributed by atoms with Crippen molar-refractivity contribution in [3.8, 4) is 0 Å². The van der Waals surface area contributed by atoms with Gasteiger partial charge < -0.3 is 5.11 Å². The van der Waals surface area contributed by atoms with Gasteiger partial charge in [-0.1, -0.05) is 29.8 Å². The molecule has 0 radical (unpaired) electrons. The van der Waals surface area contributed by atoms with E-state index < -0.39 is 10.0 Å². The molecule has 0 spiro atoms. The SMILES string of the molecule is O=S(=O)(c1ccc2c(Cl)cccc2c1)N1CC[C@@H](N2CCC(O)CC2)C1. The largest absolute Gasteiger partial charge is 0.393 e. The Kier molecular flexibility index (Phi) is 4.96. The molecule has 0 amide bonds. The van der Waals surface area contributed by atoms with Gasteiger partial charge in [0.25, 0.3) is 0 Å². The average Bonchev–Trinajstić information content (AvgIpc) is 3.13. The van der Waals surface area contributed by atoms with Gasteiger partial charge in [0.1, 0.15) is 0 Å². The van der Waals surface area contributed by atoms with E-state index in [0.29, 0.717) is 23.0 Å².